The van der Waals surface area contributed by atoms with Gasteiger partial charge in [-0.25, -0.2) is 4.98 Å². The minimum Gasteiger partial charge on any atom is -0.543 e. The number of halogens is 1. The number of phenolic OH excluding ortho intramolecular Hbond substituents is 2. The number of phenols is 2. The second-order valence-corrected chi connectivity index (χ2v) is 13.1. The predicted octanol–water partition coefficient (Wildman–Crippen LogP) is -2.08. The first-order valence-corrected chi connectivity index (χ1v) is 15.4. The number of aliphatic carboxylic acids is 1. The third kappa shape index (κ3) is 5.96. The van der Waals surface area contributed by atoms with Gasteiger partial charge in [-0.15, -0.1) is 46.2 Å². The van der Waals surface area contributed by atoms with Gasteiger partial charge in [0, 0.05) is 28.3 Å². The molecule has 19 heteroatoms. The zero-order chi connectivity index (χ0) is 29.6. The van der Waals surface area contributed by atoms with Gasteiger partial charge in [0.15, 0.2) is 27.8 Å². The van der Waals surface area contributed by atoms with Gasteiger partial charge in [0.25, 0.3) is 11.8 Å². The first-order chi connectivity index (χ1) is 19.5. The largest absolute Gasteiger partial charge is 1.00 e. The van der Waals surface area contributed by atoms with Crippen LogP contribution < -0.4 is 51.1 Å². The number of anilines is 1. The number of benzene rings is 1. The van der Waals surface area contributed by atoms with Gasteiger partial charge in [-0.3, -0.25) is 19.3 Å². The predicted molar refractivity (Wildman–Crippen MR) is 154 cm³/mol. The van der Waals surface area contributed by atoms with E-state index < -0.39 is 46.1 Å². The molecular formula is C23H17ClN5NaO8S4. The van der Waals surface area contributed by atoms with Gasteiger partial charge in [0.1, 0.15) is 29.2 Å². The van der Waals surface area contributed by atoms with Crippen molar-refractivity contribution in [2.75, 3.05) is 24.3 Å². The summed E-state index contributed by atoms with van der Waals surface area (Å²) in [6.07, 6.45) is 0. The SMILES string of the molecule is CO/N=C(\C(=O)N[C@@H]1C(=O)N2C(C(=O)[O-])=C(CSc3cc(=O)c4cc(O)c(O)c(Cl)c4s3)CS[C@@H]12)c1csc(N)n1.[Na+]. The fourth-order valence-corrected chi connectivity index (χ4v) is 8.69. The molecule has 1 aromatic carbocycles. The number of nitrogen functional groups attached to an aromatic ring is 1. The normalized spacial score (nSPS) is 18.3. The number of nitrogens with zero attached hydrogens (tertiary/aromatic N) is 3. The van der Waals surface area contributed by atoms with Gasteiger partial charge in [-0.1, -0.05) is 16.8 Å². The summed E-state index contributed by atoms with van der Waals surface area (Å²) >= 11 is 10.7. The second-order valence-electron chi connectivity index (χ2n) is 8.45. The number of carbonyl (C=O) groups excluding carboxylic acids is 3. The number of β-lactam (4-membered cyclic amide) rings is 1. The molecule has 1 fully saturated rings. The number of nitrogens with one attached hydrogen (secondary N) is 1. The van der Waals surface area contributed by atoms with Crippen LogP contribution >= 0.6 is 57.8 Å². The Morgan fingerprint density at radius 3 is 2.74 bits per heavy atom. The molecule has 4 heterocycles. The van der Waals surface area contributed by atoms with E-state index in [-0.39, 0.29) is 78.4 Å². The van der Waals surface area contributed by atoms with Crippen LogP contribution in [0.4, 0.5) is 5.13 Å². The Morgan fingerprint density at radius 2 is 2.10 bits per heavy atom. The number of aromatic hydroxyl groups is 2. The molecule has 5 N–H and O–H groups in total. The van der Waals surface area contributed by atoms with Crippen molar-refractivity contribution in [3.8, 4) is 11.5 Å². The van der Waals surface area contributed by atoms with Crippen molar-refractivity contribution in [1.82, 2.24) is 15.2 Å². The number of amides is 2. The molecule has 0 radical (unpaired) electrons. The number of fused-ring (bicyclic) bond motifs is 2. The Labute approximate surface area is 280 Å². The molecule has 3 aromatic rings. The Bertz CT molecular complexity index is 1750. The summed E-state index contributed by atoms with van der Waals surface area (Å²) in [5, 5.41) is 39.0. The van der Waals surface area contributed by atoms with E-state index in [4.69, 9.17) is 22.2 Å². The molecule has 214 valence electrons. The van der Waals surface area contributed by atoms with E-state index in [2.05, 4.69) is 15.5 Å². The summed E-state index contributed by atoms with van der Waals surface area (Å²) in [7, 11) is 1.24. The maximum absolute atomic E-state index is 13.0. The third-order valence-electron chi connectivity index (χ3n) is 5.97. The van der Waals surface area contributed by atoms with Crippen LogP contribution in [0.5, 0.6) is 11.5 Å². The minimum absolute atomic E-state index is 0. The van der Waals surface area contributed by atoms with Gasteiger partial charge in [0.05, 0.1) is 20.6 Å². The number of carboxylic acid groups (broad SMARTS) is 1. The molecular weight excluding hydrogens is 661 g/mol. The van der Waals surface area contributed by atoms with Crippen LogP contribution in [-0.2, 0) is 19.2 Å². The topological polar surface area (TPSA) is 208 Å². The van der Waals surface area contributed by atoms with Crippen LogP contribution in [0.15, 0.2) is 42.9 Å². The summed E-state index contributed by atoms with van der Waals surface area (Å²) in [5.74, 6) is -3.72. The maximum atomic E-state index is 13.0. The summed E-state index contributed by atoms with van der Waals surface area (Å²) in [6.45, 7) is 0. The second kappa shape index (κ2) is 13.0. The average molecular weight is 678 g/mol. The number of rotatable bonds is 8. The maximum Gasteiger partial charge on any atom is 1.00 e. The fraction of sp³-hybridized carbons (Fsp3) is 0.217. The van der Waals surface area contributed by atoms with Crippen LogP contribution in [-0.4, -0.2) is 73.6 Å². The molecule has 2 aromatic heterocycles. The van der Waals surface area contributed by atoms with Crippen LogP contribution in [0.3, 0.4) is 0 Å². The van der Waals surface area contributed by atoms with Crippen molar-refractivity contribution in [2.45, 2.75) is 15.6 Å². The number of carboxylic acids is 1. The van der Waals surface area contributed by atoms with E-state index >= 15 is 0 Å². The monoisotopic (exact) mass is 677 g/mol. The quantitative estimate of drug-likeness (QED) is 0.0506. The zero-order valence-corrected chi connectivity index (χ0v) is 27.6. The van der Waals surface area contributed by atoms with Gasteiger partial charge in [-0.05, 0) is 11.6 Å². The van der Waals surface area contributed by atoms with E-state index in [1.807, 2.05) is 0 Å². The number of carbonyl (C=O) groups is 3. The molecule has 2 amide bonds. The van der Waals surface area contributed by atoms with Crippen LogP contribution in [0.2, 0.25) is 5.02 Å². The molecule has 2 aliphatic heterocycles. The number of hydrogen-bond acceptors (Lipinski definition) is 15. The van der Waals surface area contributed by atoms with Crippen molar-refractivity contribution < 1.29 is 64.1 Å². The van der Waals surface area contributed by atoms with E-state index in [0.717, 1.165) is 45.4 Å². The molecule has 2 atom stereocenters. The van der Waals surface area contributed by atoms with Gasteiger partial charge in [-0.2, -0.15) is 0 Å². The molecule has 0 saturated carbocycles. The van der Waals surface area contributed by atoms with Gasteiger partial charge in [0.2, 0.25) is 0 Å². The number of thioether (sulfide) groups is 2. The van der Waals surface area contributed by atoms with Crippen molar-refractivity contribution >= 4 is 96.5 Å². The number of aromatic nitrogens is 1. The molecule has 5 rings (SSSR count). The standard InChI is InChI=1S/C23H18ClN5O8S4.Na/c1-37-28-14(9-6-40-23(25)26-9)19(33)27-15-20(34)29-16(22(35)36)7(5-39-21(15)29)4-38-12-3-10(30)8-2-11(31)17(32)13(24)18(8)41-12;/h2-3,6,15,21,31-32H,4-5H2,1H3,(H2,25,26)(H,27,33)(H,35,36);/q;+1/p-1/b28-14-;/t15-,21+;/m1./s1. The summed E-state index contributed by atoms with van der Waals surface area (Å²) in [6, 6.07) is 1.41. The van der Waals surface area contributed by atoms with Crippen LogP contribution in [0.25, 0.3) is 10.1 Å². The summed E-state index contributed by atoms with van der Waals surface area (Å²) in [4.78, 5) is 60.5. The smallest absolute Gasteiger partial charge is 0.543 e. The molecule has 0 unspecified atom stereocenters. The molecule has 2 aliphatic rings. The van der Waals surface area contributed by atoms with E-state index in [9.17, 15) is 34.5 Å². The Hall–Kier alpha value is -2.51. The summed E-state index contributed by atoms with van der Waals surface area (Å²) < 4.78 is 0.733. The number of hydrogen-bond donors (Lipinski definition) is 4. The van der Waals surface area contributed by atoms with Gasteiger partial charge >= 0.3 is 29.6 Å². The van der Waals surface area contributed by atoms with E-state index in [1.165, 1.54) is 30.3 Å². The summed E-state index contributed by atoms with van der Waals surface area (Å²) in [5.41, 5.74) is 5.23. The van der Waals surface area contributed by atoms with Crippen molar-refractivity contribution in [1.29, 1.82) is 0 Å². The minimum atomic E-state index is -1.56. The van der Waals surface area contributed by atoms with Gasteiger partial charge < -0.3 is 36.0 Å². The van der Waals surface area contributed by atoms with Crippen LogP contribution in [0.1, 0.15) is 5.69 Å². The molecule has 13 nitrogen and oxygen atoms in total. The Morgan fingerprint density at radius 1 is 1.36 bits per heavy atom. The first-order valence-electron chi connectivity index (χ1n) is 11.3. The number of thiazole rings is 1. The molecule has 1 saturated heterocycles. The zero-order valence-electron chi connectivity index (χ0n) is 21.6. The fourth-order valence-electron chi connectivity index (χ4n) is 4.12. The molecule has 0 bridgehead atoms. The Kier molecular flexibility index (Phi) is 10.0. The van der Waals surface area contributed by atoms with Crippen molar-refractivity contribution in [3.63, 3.8) is 0 Å². The Balaban J connectivity index is 0.00000405. The molecule has 42 heavy (non-hydrogen) atoms. The van der Waals surface area contributed by atoms with Crippen molar-refractivity contribution in [2.24, 2.45) is 5.16 Å². The first kappa shape index (κ1) is 32.4. The third-order valence-corrected chi connectivity index (χ3v) is 10.9. The number of oxime groups is 1. The number of nitrogens with two attached hydrogens (primary N) is 1. The molecule has 0 aliphatic carbocycles. The molecule has 0 spiro atoms. The van der Waals surface area contributed by atoms with Crippen molar-refractivity contribution in [3.05, 3.63) is 49.7 Å². The van der Waals surface area contributed by atoms with E-state index in [1.54, 1.807) is 0 Å². The van der Waals surface area contributed by atoms with Crippen LogP contribution in [0, 0.1) is 0 Å². The average Bonchev–Trinajstić information content (AvgIpc) is 3.37. The van der Waals surface area contributed by atoms with E-state index in [0.29, 0.717) is 9.78 Å².